The van der Waals surface area contributed by atoms with Crippen molar-refractivity contribution >= 4 is 0 Å². The molecule has 19 heavy (non-hydrogen) atoms. The van der Waals surface area contributed by atoms with Crippen LogP contribution in [0.1, 0.15) is 36.4 Å². The second kappa shape index (κ2) is 6.26. The van der Waals surface area contributed by atoms with Crippen molar-refractivity contribution in [1.82, 2.24) is 5.32 Å². The molecule has 1 aromatic carbocycles. The molecule has 0 aliphatic carbocycles. The molecular formula is C15H24N2O2. The van der Waals surface area contributed by atoms with Crippen molar-refractivity contribution in [3.63, 3.8) is 0 Å². The van der Waals surface area contributed by atoms with Crippen molar-refractivity contribution in [2.75, 3.05) is 20.8 Å². The van der Waals surface area contributed by atoms with Gasteiger partial charge in [-0.1, -0.05) is 0 Å². The number of benzene rings is 1. The highest BCUT2D eigenvalue weighted by Crippen LogP contribution is 2.33. The minimum atomic E-state index is 0.0374. The molecule has 1 aromatic rings. The molecule has 4 heteroatoms. The molecule has 106 valence electrons. The monoisotopic (exact) mass is 264 g/mol. The Labute approximate surface area is 115 Å². The first-order chi connectivity index (χ1) is 9.15. The third-order valence-corrected chi connectivity index (χ3v) is 3.87. The number of nitrogens with one attached hydrogen (secondary N) is 1. The molecule has 0 amide bonds. The zero-order valence-electron chi connectivity index (χ0n) is 12.0. The second-order valence-corrected chi connectivity index (χ2v) is 5.20. The molecule has 1 aliphatic rings. The van der Waals surface area contributed by atoms with Gasteiger partial charge in [-0.05, 0) is 56.0 Å². The molecule has 1 fully saturated rings. The molecule has 2 atom stereocenters. The first kappa shape index (κ1) is 14.2. The third-order valence-electron chi connectivity index (χ3n) is 3.87. The van der Waals surface area contributed by atoms with Gasteiger partial charge in [0.2, 0.25) is 0 Å². The van der Waals surface area contributed by atoms with Crippen LogP contribution in [0.4, 0.5) is 0 Å². The molecule has 0 radical (unpaired) electrons. The van der Waals surface area contributed by atoms with E-state index in [0.29, 0.717) is 6.04 Å². The summed E-state index contributed by atoms with van der Waals surface area (Å²) in [6.45, 7) is 3.18. The van der Waals surface area contributed by atoms with Crippen LogP contribution in [0.5, 0.6) is 11.5 Å². The van der Waals surface area contributed by atoms with Crippen LogP contribution >= 0.6 is 0 Å². The lowest BCUT2D eigenvalue weighted by molar-refractivity contribution is 0.353. The van der Waals surface area contributed by atoms with Crippen LogP contribution in [0, 0.1) is 6.92 Å². The number of hydrogen-bond acceptors (Lipinski definition) is 4. The molecule has 1 saturated heterocycles. The van der Waals surface area contributed by atoms with Gasteiger partial charge in [0.25, 0.3) is 0 Å². The summed E-state index contributed by atoms with van der Waals surface area (Å²) in [5, 5.41) is 3.49. The lowest BCUT2D eigenvalue weighted by Gasteiger charge is -2.20. The molecule has 4 nitrogen and oxygen atoms in total. The largest absolute Gasteiger partial charge is 0.493 e. The fourth-order valence-corrected chi connectivity index (χ4v) is 2.79. The number of ether oxygens (including phenoxy) is 2. The molecule has 2 unspecified atom stereocenters. The van der Waals surface area contributed by atoms with Gasteiger partial charge < -0.3 is 20.5 Å². The van der Waals surface area contributed by atoms with Crippen LogP contribution in [-0.4, -0.2) is 26.8 Å². The predicted octanol–water partition coefficient (Wildman–Crippen LogP) is 2.15. The van der Waals surface area contributed by atoms with Gasteiger partial charge in [-0.25, -0.2) is 0 Å². The number of aryl methyl sites for hydroxylation is 1. The van der Waals surface area contributed by atoms with Crippen LogP contribution in [0.3, 0.4) is 0 Å². The summed E-state index contributed by atoms with van der Waals surface area (Å²) in [5.74, 6) is 1.51. The summed E-state index contributed by atoms with van der Waals surface area (Å²) in [5.41, 5.74) is 8.65. The number of rotatable bonds is 5. The van der Waals surface area contributed by atoms with Gasteiger partial charge >= 0.3 is 0 Å². The Morgan fingerprint density at radius 3 is 2.58 bits per heavy atom. The summed E-state index contributed by atoms with van der Waals surface area (Å²) in [6.07, 6.45) is 3.44. The molecule has 0 spiro atoms. The first-order valence-corrected chi connectivity index (χ1v) is 6.87. The van der Waals surface area contributed by atoms with E-state index in [2.05, 4.69) is 12.2 Å². The van der Waals surface area contributed by atoms with Crippen LogP contribution in [0.15, 0.2) is 12.1 Å². The van der Waals surface area contributed by atoms with E-state index < -0.39 is 0 Å². The van der Waals surface area contributed by atoms with Gasteiger partial charge in [-0.3, -0.25) is 0 Å². The van der Waals surface area contributed by atoms with Crippen molar-refractivity contribution in [1.29, 1.82) is 0 Å². The number of hydrogen-bond donors (Lipinski definition) is 2. The van der Waals surface area contributed by atoms with Crippen molar-refractivity contribution in [2.45, 2.75) is 38.3 Å². The molecule has 1 aliphatic heterocycles. The standard InChI is InChI=1S/C15H24N2O2/c1-10-7-14(18-2)15(19-3)9-12(10)13(16)8-11-5-4-6-17-11/h7,9,11,13,17H,4-6,8,16H2,1-3H3. The Balaban J connectivity index is 2.17. The zero-order chi connectivity index (χ0) is 13.8. The molecule has 2 rings (SSSR count). The fraction of sp³-hybridized carbons (Fsp3) is 0.600. The van der Waals surface area contributed by atoms with E-state index in [9.17, 15) is 0 Å². The summed E-state index contributed by atoms with van der Waals surface area (Å²) >= 11 is 0. The maximum atomic E-state index is 6.35. The van der Waals surface area contributed by atoms with Gasteiger partial charge in [-0.2, -0.15) is 0 Å². The van der Waals surface area contributed by atoms with E-state index in [0.717, 1.165) is 35.6 Å². The molecule has 0 bridgehead atoms. The lowest BCUT2D eigenvalue weighted by Crippen LogP contribution is -2.27. The Morgan fingerprint density at radius 1 is 1.32 bits per heavy atom. The van der Waals surface area contributed by atoms with Crippen molar-refractivity contribution in [3.05, 3.63) is 23.3 Å². The first-order valence-electron chi connectivity index (χ1n) is 6.87. The maximum absolute atomic E-state index is 6.35. The molecule has 1 heterocycles. The van der Waals surface area contributed by atoms with Crippen LogP contribution in [-0.2, 0) is 0 Å². The number of nitrogens with two attached hydrogens (primary N) is 1. The Hall–Kier alpha value is -1.26. The minimum Gasteiger partial charge on any atom is -0.493 e. The lowest BCUT2D eigenvalue weighted by atomic mass is 9.95. The number of methoxy groups -OCH3 is 2. The Bertz CT molecular complexity index is 428. The van der Waals surface area contributed by atoms with E-state index in [1.807, 2.05) is 12.1 Å². The van der Waals surface area contributed by atoms with Crippen molar-refractivity contribution in [2.24, 2.45) is 5.73 Å². The summed E-state index contributed by atoms with van der Waals surface area (Å²) in [4.78, 5) is 0. The highest BCUT2D eigenvalue weighted by atomic mass is 16.5. The average molecular weight is 264 g/mol. The van der Waals surface area contributed by atoms with Gasteiger partial charge in [0.05, 0.1) is 14.2 Å². The van der Waals surface area contributed by atoms with E-state index in [4.69, 9.17) is 15.2 Å². The van der Waals surface area contributed by atoms with E-state index in [1.54, 1.807) is 14.2 Å². The van der Waals surface area contributed by atoms with Gasteiger partial charge in [0, 0.05) is 12.1 Å². The van der Waals surface area contributed by atoms with E-state index >= 15 is 0 Å². The second-order valence-electron chi connectivity index (χ2n) is 5.20. The van der Waals surface area contributed by atoms with E-state index in [1.165, 1.54) is 12.8 Å². The van der Waals surface area contributed by atoms with Gasteiger partial charge in [-0.15, -0.1) is 0 Å². The summed E-state index contributed by atoms with van der Waals surface area (Å²) in [7, 11) is 3.31. The smallest absolute Gasteiger partial charge is 0.161 e. The average Bonchev–Trinajstić information content (AvgIpc) is 2.90. The van der Waals surface area contributed by atoms with Gasteiger partial charge in [0.1, 0.15) is 0 Å². The Morgan fingerprint density at radius 2 is 2.00 bits per heavy atom. The third kappa shape index (κ3) is 3.19. The SMILES string of the molecule is COc1cc(C)c(C(N)CC2CCCN2)cc1OC. The molecule has 0 aromatic heterocycles. The van der Waals surface area contributed by atoms with Gasteiger partial charge in [0.15, 0.2) is 11.5 Å². The van der Waals surface area contributed by atoms with E-state index in [-0.39, 0.29) is 6.04 Å². The predicted molar refractivity (Wildman–Crippen MR) is 76.9 cm³/mol. The topological polar surface area (TPSA) is 56.5 Å². The molecule has 3 N–H and O–H groups in total. The quantitative estimate of drug-likeness (QED) is 0.855. The minimum absolute atomic E-state index is 0.0374. The summed E-state index contributed by atoms with van der Waals surface area (Å²) < 4.78 is 10.7. The maximum Gasteiger partial charge on any atom is 0.161 e. The Kier molecular flexibility index (Phi) is 4.66. The van der Waals surface area contributed by atoms with Crippen molar-refractivity contribution in [3.8, 4) is 11.5 Å². The zero-order valence-corrected chi connectivity index (χ0v) is 12.0. The normalized spacial score (nSPS) is 20.3. The van der Waals surface area contributed by atoms with Crippen LogP contribution in [0.25, 0.3) is 0 Å². The van der Waals surface area contributed by atoms with Crippen LogP contribution in [0.2, 0.25) is 0 Å². The fourth-order valence-electron chi connectivity index (χ4n) is 2.79. The molecular weight excluding hydrogens is 240 g/mol. The van der Waals surface area contributed by atoms with Crippen LogP contribution < -0.4 is 20.5 Å². The highest BCUT2D eigenvalue weighted by molar-refractivity contribution is 5.48. The summed E-state index contributed by atoms with van der Waals surface area (Å²) in [6, 6.07) is 4.59. The van der Waals surface area contributed by atoms with Crippen molar-refractivity contribution < 1.29 is 9.47 Å². The highest BCUT2D eigenvalue weighted by Gasteiger charge is 2.20. The molecule has 0 saturated carbocycles.